The number of hydrogen-bond acceptors (Lipinski definition) is 10. The van der Waals surface area contributed by atoms with Crippen molar-refractivity contribution < 1.29 is 42.4 Å². The number of hydrogen-bond donors (Lipinski definition) is 0. The molecule has 2 aliphatic rings. The van der Waals surface area contributed by atoms with E-state index in [4.69, 9.17) is 42.4 Å². The van der Waals surface area contributed by atoms with Gasteiger partial charge in [0, 0.05) is 5.41 Å². The van der Waals surface area contributed by atoms with E-state index in [0.717, 1.165) is 36.4 Å². The standard InChI is InChI=1S/C28H53O10Si8/c1-28(2,24-12-16-26(17-13-24)29-20-10-22-45(8)35-40(3)31-39-32-41(4)36-45)25-14-18-27(19-15-25)30-21-11-23-46(9)37-43(6)33-42(5)34-44(7)38-46/h12-19,39-44H,10-11,20-23H2,1-9H3. The van der Waals surface area contributed by atoms with Crippen molar-refractivity contribution in [1.29, 1.82) is 0 Å². The first kappa shape index (κ1) is 38.3. The molecule has 2 fully saturated rings. The molecule has 2 aromatic rings. The Morgan fingerprint density at radius 1 is 0.587 bits per heavy atom. The van der Waals surface area contributed by atoms with Crippen LogP contribution in [-0.4, -0.2) is 86.8 Å². The molecule has 0 aromatic heterocycles. The van der Waals surface area contributed by atoms with Crippen LogP contribution in [0.15, 0.2) is 48.5 Å². The minimum Gasteiger partial charge on any atom is -0.494 e. The first-order chi connectivity index (χ1) is 21.8. The maximum Gasteiger partial charge on any atom is 0.345 e. The summed E-state index contributed by atoms with van der Waals surface area (Å²) in [6.45, 7) is 20.3. The maximum absolute atomic E-state index is 6.39. The van der Waals surface area contributed by atoms with E-state index < -0.39 is 73.5 Å². The summed E-state index contributed by atoms with van der Waals surface area (Å²) in [5, 5.41) is 0. The molecule has 0 spiro atoms. The predicted octanol–water partition coefficient (Wildman–Crippen LogP) is 4.37. The van der Waals surface area contributed by atoms with Gasteiger partial charge in [0.05, 0.1) is 13.2 Å². The molecule has 2 heterocycles. The van der Waals surface area contributed by atoms with Crippen molar-refractivity contribution in [2.75, 3.05) is 13.2 Å². The topological polar surface area (TPSA) is 92.3 Å². The lowest BCUT2D eigenvalue weighted by Crippen LogP contribution is -2.53. The van der Waals surface area contributed by atoms with Gasteiger partial charge in [-0.3, -0.25) is 0 Å². The third-order valence-electron chi connectivity index (χ3n) is 8.16. The molecule has 2 aliphatic heterocycles. The molecular formula is C28H53O10Si8. The van der Waals surface area contributed by atoms with E-state index in [-0.39, 0.29) is 5.41 Å². The lowest BCUT2D eigenvalue weighted by atomic mass is 9.78. The lowest BCUT2D eigenvalue weighted by Gasteiger charge is -2.37. The largest absolute Gasteiger partial charge is 0.494 e. The molecule has 257 valence electrons. The fourth-order valence-corrected chi connectivity index (χ4v) is 32.1. The smallest absolute Gasteiger partial charge is 0.345 e. The summed E-state index contributed by atoms with van der Waals surface area (Å²) in [5.41, 5.74) is 2.28. The van der Waals surface area contributed by atoms with Gasteiger partial charge in [-0.15, -0.1) is 0 Å². The summed E-state index contributed by atoms with van der Waals surface area (Å²) in [4.78, 5) is 0. The molecule has 18 heteroatoms. The van der Waals surface area contributed by atoms with Crippen LogP contribution in [-0.2, 0) is 38.3 Å². The van der Waals surface area contributed by atoms with E-state index in [1.807, 2.05) is 0 Å². The Kier molecular flexibility index (Phi) is 14.5. The Bertz CT molecular complexity index is 1190. The highest BCUT2D eigenvalue weighted by Gasteiger charge is 2.39. The first-order valence-electron chi connectivity index (χ1n) is 16.4. The highest BCUT2D eigenvalue weighted by atomic mass is 28.5. The maximum atomic E-state index is 6.39. The van der Waals surface area contributed by atoms with Crippen LogP contribution >= 0.6 is 0 Å². The monoisotopic (exact) mass is 773 g/mol. The Labute approximate surface area is 289 Å². The van der Waals surface area contributed by atoms with Crippen molar-refractivity contribution in [3.63, 3.8) is 0 Å². The number of benzene rings is 2. The fraction of sp³-hybridized carbons (Fsp3) is 0.571. The zero-order valence-electron chi connectivity index (χ0n) is 28.9. The van der Waals surface area contributed by atoms with Gasteiger partial charge in [-0.2, -0.15) is 0 Å². The molecule has 0 bridgehead atoms. The van der Waals surface area contributed by atoms with Crippen molar-refractivity contribution >= 4 is 73.5 Å². The average molecular weight is 774 g/mol. The second-order valence-corrected chi connectivity index (χ2v) is 32.3. The molecule has 4 rings (SSSR count). The van der Waals surface area contributed by atoms with Gasteiger partial charge in [0.2, 0.25) is 0 Å². The van der Waals surface area contributed by atoms with E-state index in [9.17, 15) is 0 Å². The second-order valence-electron chi connectivity index (χ2n) is 12.8. The van der Waals surface area contributed by atoms with E-state index in [1.54, 1.807) is 0 Å². The average Bonchev–Trinajstić information content (AvgIpc) is 2.96. The molecular weight excluding hydrogens is 721 g/mol. The van der Waals surface area contributed by atoms with Crippen LogP contribution < -0.4 is 9.47 Å². The Balaban J connectivity index is 1.22. The molecule has 0 saturated carbocycles. The quantitative estimate of drug-likeness (QED) is 0.229. The van der Waals surface area contributed by atoms with E-state index in [1.165, 1.54) is 11.1 Å². The number of ether oxygens (including phenoxy) is 2. The molecule has 46 heavy (non-hydrogen) atoms. The van der Waals surface area contributed by atoms with Gasteiger partial charge in [-0.1, -0.05) is 38.1 Å². The van der Waals surface area contributed by atoms with Gasteiger partial charge in [-0.25, -0.2) is 0 Å². The van der Waals surface area contributed by atoms with Crippen LogP contribution in [0.2, 0.25) is 57.9 Å². The molecule has 0 aliphatic carbocycles. The summed E-state index contributed by atoms with van der Waals surface area (Å²) in [6, 6.07) is 18.6. The van der Waals surface area contributed by atoms with Crippen molar-refractivity contribution in [3.05, 3.63) is 59.7 Å². The third kappa shape index (κ3) is 11.8. The van der Waals surface area contributed by atoms with Crippen LogP contribution in [0.25, 0.3) is 0 Å². The summed E-state index contributed by atoms with van der Waals surface area (Å²) >= 11 is 0. The van der Waals surface area contributed by atoms with Crippen LogP contribution in [0.1, 0.15) is 37.8 Å². The van der Waals surface area contributed by atoms with Crippen molar-refractivity contribution in [3.8, 4) is 11.5 Å². The van der Waals surface area contributed by atoms with Gasteiger partial charge >= 0.3 is 27.1 Å². The summed E-state index contributed by atoms with van der Waals surface area (Å²) in [7, 11) is -13.5. The van der Waals surface area contributed by atoms with Crippen LogP contribution in [0.3, 0.4) is 0 Å². The van der Waals surface area contributed by atoms with Gasteiger partial charge in [0.25, 0.3) is 46.4 Å². The molecule has 1 radical (unpaired) electrons. The fourth-order valence-electron chi connectivity index (χ4n) is 5.84. The molecule has 2 saturated heterocycles. The molecule has 10 nitrogen and oxygen atoms in total. The lowest BCUT2D eigenvalue weighted by molar-refractivity contribution is 0.266. The minimum atomic E-state index is -2.32. The summed E-state index contributed by atoms with van der Waals surface area (Å²) < 4.78 is 61.2. The molecule has 4 unspecified atom stereocenters. The highest BCUT2D eigenvalue weighted by molar-refractivity contribution is 6.81. The number of rotatable bonds is 12. The minimum absolute atomic E-state index is 0.171. The van der Waals surface area contributed by atoms with Crippen LogP contribution in [0.4, 0.5) is 0 Å². The van der Waals surface area contributed by atoms with Crippen molar-refractivity contribution in [2.24, 2.45) is 0 Å². The zero-order valence-corrected chi connectivity index (χ0v) is 37.8. The Hall–Kier alpha value is -0.545. The van der Waals surface area contributed by atoms with E-state index in [2.05, 4.69) is 108 Å². The van der Waals surface area contributed by atoms with Gasteiger partial charge < -0.3 is 42.4 Å². The molecule has 2 aromatic carbocycles. The van der Waals surface area contributed by atoms with Gasteiger partial charge in [-0.05, 0) is 106 Å². The predicted molar refractivity (Wildman–Crippen MR) is 199 cm³/mol. The Morgan fingerprint density at radius 3 is 1.35 bits per heavy atom. The third-order valence-corrected chi connectivity index (χ3v) is 34.1. The van der Waals surface area contributed by atoms with Crippen LogP contribution in [0, 0.1) is 0 Å². The van der Waals surface area contributed by atoms with E-state index >= 15 is 0 Å². The molecule has 0 amide bonds. The van der Waals surface area contributed by atoms with Crippen LogP contribution in [0.5, 0.6) is 11.5 Å². The summed E-state index contributed by atoms with van der Waals surface area (Å²) in [6.07, 6.45) is 1.74. The second kappa shape index (κ2) is 17.4. The van der Waals surface area contributed by atoms with Crippen molar-refractivity contribution in [1.82, 2.24) is 0 Å². The first-order valence-corrected chi connectivity index (χ1v) is 32.8. The zero-order chi connectivity index (χ0) is 33.4. The van der Waals surface area contributed by atoms with Gasteiger partial charge in [0.15, 0.2) is 0 Å². The molecule has 4 atom stereocenters. The Morgan fingerprint density at radius 2 is 0.957 bits per heavy atom. The SMILES string of the molecule is C[SiH]1O[SiH](C)O[Si](C)(CCCOc2ccc(C(C)(C)c3ccc(OCCC[Si]4(C)O[SiH](C)O[SiH]O[SiH](C)O4)cc3)cc2)O[SiH](C)O1. The van der Waals surface area contributed by atoms with E-state index in [0.29, 0.717) is 13.2 Å². The highest BCUT2D eigenvalue weighted by Crippen LogP contribution is 2.34. The van der Waals surface area contributed by atoms with Gasteiger partial charge in [0.1, 0.15) is 11.5 Å². The summed E-state index contributed by atoms with van der Waals surface area (Å²) in [5.74, 6) is 1.74. The normalized spacial score (nSPS) is 31.3. The van der Waals surface area contributed by atoms with Crippen molar-refractivity contribution in [2.45, 2.75) is 90.0 Å². The molecule has 0 N–H and O–H groups in total.